The van der Waals surface area contributed by atoms with Gasteiger partial charge in [0.15, 0.2) is 0 Å². The summed E-state index contributed by atoms with van der Waals surface area (Å²) in [5.74, 6) is 0.966. The number of hydrogen-bond acceptors (Lipinski definition) is 4. The summed E-state index contributed by atoms with van der Waals surface area (Å²) in [5, 5.41) is 2.80. The second kappa shape index (κ2) is 9.00. The molecule has 0 radical (unpaired) electrons. The molecule has 1 amide bonds. The third kappa shape index (κ3) is 4.79. The Balaban J connectivity index is 1.30. The van der Waals surface area contributed by atoms with E-state index in [4.69, 9.17) is 4.74 Å². The number of anilines is 1. The Labute approximate surface area is 194 Å². The van der Waals surface area contributed by atoms with Crippen molar-refractivity contribution in [3.05, 3.63) is 90.0 Å². The second-order valence-corrected chi connectivity index (χ2v) is 10.5. The summed E-state index contributed by atoms with van der Waals surface area (Å²) >= 11 is 0. The summed E-state index contributed by atoms with van der Waals surface area (Å²) in [5.41, 5.74) is 3.05. The lowest BCUT2D eigenvalue weighted by Crippen LogP contribution is -2.41. The van der Waals surface area contributed by atoms with Crippen molar-refractivity contribution in [2.75, 3.05) is 5.32 Å². The smallest absolute Gasteiger partial charge is 0.410 e. The van der Waals surface area contributed by atoms with Crippen molar-refractivity contribution in [2.24, 2.45) is 11.8 Å². The Morgan fingerprint density at radius 1 is 0.818 bits per heavy atom. The van der Waals surface area contributed by atoms with Gasteiger partial charge in [-0.15, -0.1) is 0 Å². The van der Waals surface area contributed by atoms with Gasteiger partial charge in [-0.05, 0) is 85.0 Å². The number of rotatable bonds is 5. The fourth-order valence-electron chi connectivity index (χ4n) is 5.07. The Morgan fingerprint density at radius 2 is 1.45 bits per heavy atom. The molecular formula is C26H26N2O4S. The van der Waals surface area contributed by atoms with Gasteiger partial charge in [0.25, 0.3) is 0 Å². The lowest BCUT2D eigenvalue weighted by atomic mass is 9.93. The molecule has 3 atom stereocenters. The van der Waals surface area contributed by atoms with Crippen LogP contribution in [-0.2, 0) is 22.9 Å². The zero-order chi connectivity index (χ0) is 22.8. The van der Waals surface area contributed by atoms with E-state index in [9.17, 15) is 13.2 Å². The van der Waals surface area contributed by atoms with Gasteiger partial charge < -0.3 is 4.74 Å². The molecule has 170 valence electrons. The molecule has 3 aromatic carbocycles. The topological polar surface area (TPSA) is 84.5 Å². The standard InChI is InChI=1S/C26H26N2O4S/c29-26(32-23-7-3-1-4-8-23)27-22-14-13-18-15-19-11-12-20(16-21(18)17-22)25(19)28-33(30,31)24-9-5-2-6-10-24/h1-10,13-14,17,19-20,25,28H,11-12,15-16H2,(H,27,29). The molecule has 1 fully saturated rings. The van der Waals surface area contributed by atoms with Crippen molar-refractivity contribution in [1.82, 2.24) is 4.72 Å². The van der Waals surface area contributed by atoms with E-state index in [1.54, 1.807) is 36.4 Å². The van der Waals surface area contributed by atoms with Crippen LogP contribution in [0, 0.1) is 11.8 Å². The molecule has 2 N–H and O–H groups in total. The van der Waals surface area contributed by atoms with Gasteiger partial charge in [-0.2, -0.15) is 0 Å². The Bertz CT molecular complexity index is 1250. The van der Waals surface area contributed by atoms with Gasteiger partial charge >= 0.3 is 6.09 Å². The number of benzene rings is 3. The Kier molecular flexibility index (Phi) is 5.91. The number of sulfonamides is 1. The van der Waals surface area contributed by atoms with Crippen molar-refractivity contribution >= 4 is 21.8 Å². The molecule has 2 aliphatic rings. The number of carbonyl (C=O) groups is 1. The number of amides is 1. The van der Waals surface area contributed by atoms with Crippen molar-refractivity contribution in [2.45, 2.75) is 36.6 Å². The van der Waals surface area contributed by atoms with Crippen LogP contribution in [0.2, 0.25) is 0 Å². The highest BCUT2D eigenvalue weighted by Gasteiger charge is 2.41. The number of carbonyl (C=O) groups excluding carboxylic acids is 1. The molecule has 0 heterocycles. The van der Waals surface area contributed by atoms with Crippen molar-refractivity contribution in [1.29, 1.82) is 0 Å². The molecule has 0 aromatic heterocycles. The van der Waals surface area contributed by atoms with Crippen molar-refractivity contribution in [3.63, 3.8) is 0 Å². The lowest BCUT2D eigenvalue weighted by Gasteiger charge is -2.23. The minimum Gasteiger partial charge on any atom is -0.410 e. The molecule has 2 bridgehead atoms. The third-order valence-electron chi connectivity index (χ3n) is 6.64. The summed E-state index contributed by atoms with van der Waals surface area (Å²) in [7, 11) is -3.57. The molecule has 2 aliphatic carbocycles. The fraction of sp³-hybridized carbons (Fsp3) is 0.269. The monoisotopic (exact) mass is 462 g/mol. The molecule has 3 unspecified atom stereocenters. The SMILES string of the molecule is O=C(Nc1ccc2c(c1)CC1CCC(C2)C1NS(=O)(=O)c1ccccc1)Oc1ccccc1. The normalized spacial score (nSPS) is 21.6. The van der Waals surface area contributed by atoms with E-state index < -0.39 is 16.1 Å². The Morgan fingerprint density at radius 3 is 2.15 bits per heavy atom. The molecule has 0 aliphatic heterocycles. The molecule has 0 spiro atoms. The molecule has 3 aromatic rings. The minimum atomic E-state index is -3.57. The average Bonchev–Trinajstić information content (AvgIpc) is 3.08. The van der Waals surface area contributed by atoms with Crippen LogP contribution < -0.4 is 14.8 Å². The zero-order valence-corrected chi connectivity index (χ0v) is 18.9. The first kappa shape index (κ1) is 21.7. The highest BCUT2D eigenvalue weighted by molar-refractivity contribution is 7.89. The van der Waals surface area contributed by atoms with Crippen LogP contribution in [0.3, 0.4) is 0 Å². The van der Waals surface area contributed by atoms with E-state index in [1.807, 2.05) is 42.5 Å². The van der Waals surface area contributed by atoms with Gasteiger partial charge in [-0.1, -0.05) is 42.5 Å². The van der Waals surface area contributed by atoms with Crippen LogP contribution in [-0.4, -0.2) is 20.6 Å². The van der Waals surface area contributed by atoms with Gasteiger partial charge in [-0.3, -0.25) is 5.32 Å². The predicted octanol–water partition coefficient (Wildman–Crippen LogP) is 4.77. The lowest BCUT2D eigenvalue weighted by molar-refractivity contribution is 0.215. The number of nitrogens with one attached hydrogen (secondary N) is 2. The number of hydrogen-bond donors (Lipinski definition) is 2. The van der Waals surface area contributed by atoms with E-state index in [-0.39, 0.29) is 17.9 Å². The van der Waals surface area contributed by atoms with Gasteiger partial charge in [0.1, 0.15) is 5.75 Å². The van der Waals surface area contributed by atoms with Gasteiger partial charge in [0, 0.05) is 11.7 Å². The van der Waals surface area contributed by atoms with E-state index in [0.717, 1.165) is 31.2 Å². The highest BCUT2D eigenvalue weighted by atomic mass is 32.2. The first-order valence-corrected chi connectivity index (χ1v) is 12.7. The van der Waals surface area contributed by atoms with Crippen molar-refractivity contribution < 1.29 is 17.9 Å². The first-order valence-electron chi connectivity index (χ1n) is 11.2. The summed E-state index contributed by atoms with van der Waals surface area (Å²) in [6.45, 7) is 0. The maximum Gasteiger partial charge on any atom is 0.417 e. The maximum atomic E-state index is 13.0. The van der Waals surface area contributed by atoms with Crippen LogP contribution in [0.25, 0.3) is 0 Å². The van der Waals surface area contributed by atoms with Gasteiger partial charge in [-0.25, -0.2) is 17.9 Å². The zero-order valence-electron chi connectivity index (χ0n) is 18.1. The van der Waals surface area contributed by atoms with Gasteiger partial charge in [0.2, 0.25) is 10.0 Å². The summed E-state index contributed by atoms with van der Waals surface area (Å²) in [4.78, 5) is 12.6. The third-order valence-corrected chi connectivity index (χ3v) is 8.11. The van der Waals surface area contributed by atoms with E-state index in [2.05, 4.69) is 10.0 Å². The van der Waals surface area contributed by atoms with Crippen molar-refractivity contribution in [3.8, 4) is 5.75 Å². The molecule has 0 saturated heterocycles. The number of ether oxygens (including phenoxy) is 1. The van der Waals surface area contributed by atoms with E-state index in [1.165, 1.54) is 5.56 Å². The molecule has 6 nitrogen and oxygen atoms in total. The summed E-state index contributed by atoms with van der Waals surface area (Å²) < 4.78 is 34.2. The number of para-hydroxylation sites is 1. The van der Waals surface area contributed by atoms with E-state index in [0.29, 0.717) is 16.3 Å². The predicted molar refractivity (Wildman–Crippen MR) is 127 cm³/mol. The molecule has 5 rings (SSSR count). The van der Waals surface area contributed by atoms with E-state index >= 15 is 0 Å². The first-order chi connectivity index (χ1) is 16.0. The average molecular weight is 463 g/mol. The molecule has 7 heteroatoms. The van der Waals surface area contributed by atoms with Crippen LogP contribution in [0.4, 0.5) is 10.5 Å². The van der Waals surface area contributed by atoms with Crippen LogP contribution >= 0.6 is 0 Å². The highest BCUT2D eigenvalue weighted by Crippen LogP contribution is 2.41. The summed E-state index contributed by atoms with van der Waals surface area (Å²) in [6, 6.07) is 23.3. The van der Waals surface area contributed by atoms with Crippen LogP contribution in [0.1, 0.15) is 24.0 Å². The fourth-order valence-corrected chi connectivity index (χ4v) is 6.46. The second-order valence-electron chi connectivity index (χ2n) is 8.78. The molecule has 1 saturated carbocycles. The quantitative estimate of drug-likeness (QED) is 0.572. The summed E-state index contributed by atoms with van der Waals surface area (Å²) in [6.07, 6.45) is 3.05. The minimum absolute atomic E-state index is 0.0953. The van der Waals surface area contributed by atoms with Gasteiger partial charge in [0.05, 0.1) is 4.90 Å². The van der Waals surface area contributed by atoms with Crippen LogP contribution in [0.15, 0.2) is 83.8 Å². The molecular weight excluding hydrogens is 436 g/mol. The largest absolute Gasteiger partial charge is 0.417 e. The number of fused-ring (bicyclic) bond motifs is 3. The maximum absolute atomic E-state index is 13.0. The molecule has 33 heavy (non-hydrogen) atoms. The Hall–Kier alpha value is -3.16. The van der Waals surface area contributed by atoms with Crippen LogP contribution in [0.5, 0.6) is 5.75 Å².